The second-order valence-electron chi connectivity index (χ2n) is 5.09. The van der Waals surface area contributed by atoms with Crippen LogP contribution in [-0.2, 0) is 6.54 Å². The number of rotatable bonds is 4. The molecule has 1 aliphatic rings. The summed E-state index contributed by atoms with van der Waals surface area (Å²) in [5.74, 6) is 0. The van der Waals surface area contributed by atoms with Gasteiger partial charge in [0.05, 0.1) is 0 Å². The monoisotopic (exact) mass is 325 g/mol. The highest BCUT2D eigenvalue weighted by Gasteiger charge is 2.20. The zero-order valence-corrected chi connectivity index (χ0v) is 13.1. The molecule has 1 saturated carbocycles. The lowest BCUT2D eigenvalue weighted by molar-refractivity contribution is 0.688. The van der Waals surface area contributed by atoms with Gasteiger partial charge >= 0.3 is 0 Å². The Bertz CT molecular complexity index is 636. The van der Waals surface area contributed by atoms with Crippen molar-refractivity contribution in [2.24, 2.45) is 0 Å². The second kappa shape index (κ2) is 5.95. The van der Waals surface area contributed by atoms with Crippen LogP contribution in [0.2, 0.25) is 15.1 Å². The lowest BCUT2D eigenvalue weighted by atomic mass is 10.0. The molecule has 2 aromatic carbocycles. The topological polar surface area (TPSA) is 12.0 Å². The van der Waals surface area contributed by atoms with Crippen LogP contribution in [0.15, 0.2) is 36.4 Å². The van der Waals surface area contributed by atoms with Crippen LogP contribution < -0.4 is 5.32 Å². The molecule has 104 valence electrons. The fourth-order valence-corrected chi connectivity index (χ4v) is 2.76. The van der Waals surface area contributed by atoms with Crippen molar-refractivity contribution in [2.75, 3.05) is 0 Å². The van der Waals surface area contributed by atoms with Crippen LogP contribution in [-0.4, -0.2) is 6.04 Å². The van der Waals surface area contributed by atoms with Gasteiger partial charge in [-0.15, -0.1) is 0 Å². The SMILES string of the molecule is Clc1ccc(Cl)c(-c2ccc(CNC3CC3)c(Cl)c2)c1. The molecule has 0 unspecified atom stereocenters. The first-order valence-corrected chi connectivity index (χ1v) is 7.74. The Morgan fingerprint density at radius 1 is 0.950 bits per heavy atom. The van der Waals surface area contributed by atoms with Crippen molar-refractivity contribution in [1.29, 1.82) is 0 Å². The molecule has 0 spiro atoms. The molecule has 1 nitrogen and oxygen atoms in total. The van der Waals surface area contributed by atoms with Crippen molar-refractivity contribution in [3.63, 3.8) is 0 Å². The largest absolute Gasteiger partial charge is 0.310 e. The van der Waals surface area contributed by atoms with E-state index in [1.807, 2.05) is 24.3 Å². The molecule has 3 rings (SSSR count). The third-order valence-corrected chi connectivity index (χ3v) is 4.37. The molecule has 0 aromatic heterocycles. The van der Waals surface area contributed by atoms with Crippen LogP contribution >= 0.6 is 34.8 Å². The second-order valence-corrected chi connectivity index (χ2v) is 6.34. The predicted molar refractivity (Wildman–Crippen MR) is 86.8 cm³/mol. The fraction of sp³-hybridized carbons (Fsp3) is 0.250. The van der Waals surface area contributed by atoms with Gasteiger partial charge < -0.3 is 5.32 Å². The van der Waals surface area contributed by atoms with Crippen LogP contribution in [0.4, 0.5) is 0 Å². The highest BCUT2D eigenvalue weighted by Crippen LogP contribution is 2.33. The van der Waals surface area contributed by atoms with Crippen molar-refractivity contribution in [2.45, 2.75) is 25.4 Å². The lowest BCUT2D eigenvalue weighted by Gasteiger charge is -2.10. The summed E-state index contributed by atoms with van der Waals surface area (Å²) in [6.07, 6.45) is 2.54. The number of hydrogen-bond acceptors (Lipinski definition) is 1. The van der Waals surface area contributed by atoms with Crippen molar-refractivity contribution in [1.82, 2.24) is 5.32 Å². The van der Waals surface area contributed by atoms with Gasteiger partial charge in [-0.2, -0.15) is 0 Å². The summed E-state index contributed by atoms with van der Waals surface area (Å²) in [7, 11) is 0. The van der Waals surface area contributed by atoms with E-state index in [1.54, 1.807) is 12.1 Å². The number of halogens is 3. The molecule has 1 N–H and O–H groups in total. The first kappa shape index (κ1) is 14.2. The van der Waals surface area contributed by atoms with Gasteiger partial charge in [-0.05, 0) is 48.2 Å². The molecule has 2 aromatic rings. The van der Waals surface area contributed by atoms with Gasteiger partial charge in [0.25, 0.3) is 0 Å². The minimum Gasteiger partial charge on any atom is -0.310 e. The van der Waals surface area contributed by atoms with Crippen molar-refractivity contribution in [3.8, 4) is 11.1 Å². The molecule has 20 heavy (non-hydrogen) atoms. The van der Waals surface area contributed by atoms with Crippen LogP contribution in [0.5, 0.6) is 0 Å². The van der Waals surface area contributed by atoms with Crippen molar-refractivity contribution in [3.05, 3.63) is 57.0 Å². The van der Waals surface area contributed by atoms with E-state index in [4.69, 9.17) is 34.8 Å². The van der Waals surface area contributed by atoms with Gasteiger partial charge in [0.2, 0.25) is 0 Å². The van der Waals surface area contributed by atoms with Crippen molar-refractivity contribution >= 4 is 34.8 Å². The average Bonchev–Trinajstić information content (AvgIpc) is 3.24. The minimum absolute atomic E-state index is 0.667. The predicted octanol–water partition coefficient (Wildman–Crippen LogP) is 5.57. The maximum atomic E-state index is 6.36. The van der Waals surface area contributed by atoms with Gasteiger partial charge in [-0.1, -0.05) is 46.9 Å². The quantitative estimate of drug-likeness (QED) is 0.775. The maximum absolute atomic E-state index is 6.36. The molecule has 0 amide bonds. The highest BCUT2D eigenvalue weighted by atomic mass is 35.5. The van der Waals surface area contributed by atoms with Crippen LogP contribution in [0, 0.1) is 0 Å². The molecule has 0 saturated heterocycles. The molecule has 0 heterocycles. The zero-order valence-electron chi connectivity index (χ0n) is 10.8. The summed E-state index contributed by atoms with van der Waals surface area (Å²) < 4.78 is 0. The molecule has 0 atom stereocenters. The van der Waals surface area contributed by atoms with Gasteiger partial charge in [-0.3, -0.25) is 0 Å². The van der Waals surface area contributed by atoms with E-state index in [1.165, 1.54) is 12.8 Å². The Labute approximate surface area is 133 Å². The molecule has 0 radical (unpaired) electrons. The molecule has 0 aliphatic heterocycles. The van der Waals surface area contributed by atoms with E-state index in [2.05, 4.69) is 5.32 Å². The highest BCUT2D eigenvalue weighted by molar-refractivity contribution is 6.35. The van der Waals surface area contributed by atoms with Crippen LogP contribution in [0.3, 0.4) is 0 Å². The first-order valence-electron chi connectivity index (χ1n) is 6.61. The summed E-state index contributed by atoms with van der Waals surface area (Å²) >= 11 is 18.6. The fourth-order valence-electron chi connectivity index (χ4n) is 2.12. The van der Waals surface area contributed by atoms with E-state index in [0.717, 1.165) is 28.3 Å². The van der Waals surface area contributed by atoms with E-state index in [-0.39, 0.29) is 0 Å². The Morgan fingerprint density at radius 3 is 2.45 bits per heavy atom. The maximum Gasteiger partial charge on any atom is 0.0485 e. The van der Waals surface area contributed by atoms with Crippen LogP contribution in [0.1, 0.15) is 18.4 Å². The standard InChI is InChI=1S/C16H14Cl3N/c17-12-3-6-15(18)14(8-12)10-1-2-11(16(19)7-10)9-20-13-4-5-13/h1-3,6-8,13,20H,4-5,9H2. The molecule has 1 aliphatic carbocycles. The summed E-state index contributed by atoms with van der Waals surface area (Å²) in [5, 5.41) is 5.56. The number of hydrogen-bond donors (Lipinski definition) is 1. The van der Waals surface area contributed by atoms with Crippen molar-refractivity contribution < 1.29 is 0 Å². The normalized spacial score (nSPS) is 14.6. The number of nitrogens with one attached hydrogen (secondary N) is 1. The molecule has 1 fully saturated rings. The Kier molecular flexibility index (Phi) is 4.23. The smallest absolute Gasteiger partial charge is 0.0485 e. The van der Waals surface area contributed by atoms with E-state index < -0.39 is 0 Å². The van der Waals surface area contributed by atoms with Crippen LogP contribution in [0.25, 0.3) is 11.1 Å². The minimum atomic E-state index is 0.667. The molecular formula is C16H14Cl3N. The summed E-state index contributed by atoms with van der Waals surface area (Å²) in [4.78, 5) is 0. The summed E-state index contributed by atoms with van der Waals surface area (Å²) in [5.41, 5.74) is 3.00. The Balaban J connectivity index is 1.86. The molecular weight excluding hydrogens is 313 g/mol. The van der Waals surface area contributed by atoms with Gasteiger partial charge in [0.1, 0.15) is 0 Å². The van der Waals surface area contributed by atoms with Gasteiger partial charge in [0, 0.05) is 33.2 Å². The third-order valence-electron chi connectivity index (χ3n) is 3.45. The Morgan fingerprint density at radius 2 is 1.75 bits per heavy atom. The van der Waals surface area contributed by atoms with E-state index in [0.29, 0.717) is 16.1 Å². The van der Waals surface area contributed by atoms with E-state index in [9.17, 15) is 0 Å². The van der Waals surface area contributed by atoms with Gasteiger partial charge in [0.15, 0.2) is 0 Å². The molecule has 0 bridgehead atoms. The zero-order chi connectivity index (χ0) is 14.1. The third kappa shape index (κ3) is 3.29. The molecule has 4 heteroatoms. The average molecular weight is 327 g/mol. The number of benzene rings is 2. The first-order chi connectivity index (χ1) is 9.63. The summed E-state index contributed by atoms with van der Waals surface area (Å²) in [6.45, 7) is 0.813. The van der Waals surface area contributed by atoms with E-state index >= 15 is 0 Å². The lowest BCUT2D eigenvalue weighted by Crippen LogP contribution is -2.15. The summed E-state index contributed by atoms with van der Waals surface area (Å²) in [6, 6.07) is 12.1. The van der Waals surface area contributed by atoms with Gasteiger partial charge in [-0.25, -0.2) is 0 Å². The Hall–Kier alpha value is -0.730.